The number of alkyl halides is 2. The molecule has 7 nitrogen and oxygen atoms in total. The summed E-state index contributed by atoms with van der Waals surface area (Å²) in [7, 11) is -4.89. The molecule has 0 amide bonds. The van der Waals surface area contributed by atoms with Crippen molar-refractivity contribution in [3.05, 3.63) is 28.3 Å². The van der Waals surface area contributed by atoms with E-state index in [1.807, 2.05) is 0 Å². The Kier molecular flexibility index (Phi) is 5.66. The average Bonchev–Trinajstić information content (AvgIpc) is 2.62. The van der Waals surface area contributed by atoms with Crippen LogP contribution >= 0.6 is 0 Å². The van der Waals surface area contributed by atoms with Crippen molar-refractivity contribution in [3.8, 4) is 0 Å². The lowest BCUT2D eigenvalue weighted by molar-refractivity contribution is -0.384. The van der Waals surface area contributed by atoms with Crippen molar-refractivity contribution in [1.82, 2.24) is 0 Å². The second-order valence-electron chi connectivity index (χ2n) is 7.17. The number of nitro groups is 1. The molecule has 1 aromatic carbocycles. The van der Waals surface area contributed by atoms with Crippen LogP contribution in [0.5, 0.6) is 0 Å². The zero-order valence-electron chi connectivity index (χ0n) is 14.7. The second kappa shape index (κ2) is 7.67. The minimum Gasteiger partial charge on any atom is -0.377 e. The Labute approximate surface area is 156 Å². The van der Waals surface area contributed by atoms with Crippen LogP contribution in [-0.4, -0.2) is 37.3 Å². The average molecular weight is 404 g/mol. The van der Waals surface area contributed by atoms with Gasteiger partial charge in [-0.15, -0.1) is 0 Å². The third-order valence-electron chi connectivity index (χ3n) is 5.35. The van der Waals surface area contributed by atoms with E-state index in [-0.39, 0.29) is 17.3 Å². The van der Waals surface area contributed by atoms with Crippen LogP contribution in [-0.2, 0) is 14.6 Å². The number of rotatable bonds is 5. The predicted octanol–water partition coefficient (Wildman–Crippen LogP) is 3.88. The highest BCUT2D eigenvalue weighted by atomic mass is 32.2. The molecule has 1 N–H and O–H groups in total. The molecule has 2 fully saturated rings. The van der Waals surface area contributed by atoms with Gasteiger partial charge in [-0.3, -0.25) is 10.1 Å². The van der Waals surface area contributed by atoms with Crippen molar-refractivity contribution in [2.24, 2.45) is 0 Å². The van der Waals surface area contributed by atoms with Gasteiger partial charge in [0, 0.05) is 18.7 Å². The highest BCUT2D eigenvalue weighted by Crippen LogP contribution is 2.40. The van der Waals surface area contributed by atoms with Gasteiger partial charge in [-0.05, 0) is 37.8 Å². The molecule has 1 aliphatic carbocycles. The largest absolute Gasteiger partial charge is 0.377 e. The fourth-order valence-corrected chi connectivity index (χ4v) is 4.72. The Morgan fingerprint density at radius 2 is 1.96 bits per heavy atom. The lowest BCUT2D eigenvalue weighted by Gasteiger charge is -2.43. The number of benzene rings is 1. The van der Waals surface area contributed by atoms with Crippen LogP contribution < -0.4 is 5.32 Å². The molecule has 1 spiro atoms. The molecule has 1 aromatic rings. The minimum atomic E-state index is -4.89. The van der Waals surface area contributed by atoms with Crippen molar-refractivity contribution in [2.45, 2.75) is 67.2 Å². The van der Waals surface area contributed by atoms with Gasteiger partial charge >= 0.3 is 5.76 Å². The number of hydrogen-bond donors (Lipinski definition) is 1. The van der Waals surface area contributed by atoms with Gasteiger partial charge in [0.15, 0.2) is 0 Å². The van der Waals surface area contributed by atoms with Gasteiger partial charge < -0.3 is 10.1 Å². The van der Waals surface area contributed by atoms with E-state index in [1.54, 1.807) is 0 Å². The molecule has 3 rings (SSSR count). The Balaban J connectivity index is 1.83. The van der Waals surface area contributed by atoms with Gasteiger partial charge in [0.25, 0.3) is 5.69 Å². The summed E-state index contributed by atoms with van der Waals surface area (Å²) in [4.78, 5) is 9.85. The maximum absolute atomic E-state index is 12.7. The number of nitrogens with one attached hydrogen (secondary N) is 1. The van der Waals surface area contributed by atoms with E-state index in [0.717, 1.165) is 31.7 Å². The van der Waals surface area contributed by atoms with Crippen molar-refractivity contribution in [3.63, 3.8) is 0 Å². The zero-order valence-corrected chi connectivity index (χ0v) is 15.5. The van der Waals surface area contributed by atoms with E-state index >= 15 is 0 Å². The highest BCUT2D eigenvalue weighted by Gasteiger charge is 2.39. The molecule has 1 unspecified atom stereocenters. The number of halogens is 2. The summed E-state index contributed by atoms with van der Waals surface area (Å²) < 4.78 is 54.6. The highest BCUT2D eigenvalue weighted by molar-refractivity contribution is 7.91. The van der Waals surface area contributed by atoms with Crippen molar-refractivity contribution in [2.75, 3.05) is 11.9 Å². The minimum absolute atomic E-state index is 0.0619. The third-order valence-corrected chi connectivity index (χ3v) is 6.73. The number of ether oxygens (including phenoxy) is 1. The van der Waals surface area contributed by atoms with Gasteiger partial charge in [0.2, 0.25) is 9.84 Å². The number of anilines is 1. The van der Waals surface area contributed by atoms with Gasteiger partial charge in [-0.25, -0.2) is 8.42 Å². The summed E-state index contributed by atoms with van der Waals surface area (Å²) in [5.74, 6) is -3.63. The maximum Gasteiger partial charge on any atom is 0.341 e. The summed E-state index contributed by atoms with van der Waals surface area (Å²) in [5.41, 5.74) is -0.603. The van der Waals surface area contributed by atoms with Crippen molar-refractivity contribution < 1.29 is 26.9 Å². The molecule has 1 aliphatic heterocycles. The fraction of sp³-hybridized carbons (Fsp3) is 0.647. The van der Waals surface area contributed by atoms with Crippen LogP contribution in [0.4, 0.5) is 20.2 Å². The van der Waals surface area contributed by atoms with E-state index in [0.29, 0.717) is 25.5 Å². The van der Waals surface area contributed by atoms with Gasteiger partial charge in [-0.1, -0.05) is 19.3 Å². The van der Waals surface area contributed by atoms with Crippen LogP contribution in [0.2, 0.25) is 0 Å². The first-order chi connectivity index (χ1) is 12.7. The quantitative estimate of drug-likeness (QED) is 0.591. The van der Waals surface area contributed by atoms with E-state index < -0.39 is 31.1 Å². The molecule has 0 aromatic heterocycles. The van der Waals surface area contributed by atoms with Gasteiger partial charge in [0.1, 0.15) is 5.69 Å². The number of hydrogen-bond acceptors (Lipinski definition) is 6. The van der Waals surface area contributed by atoms with E-state index in [4.69, 9.17) is 4.74 Å². The molecule has 10 heteroatoms. The lowest BCUT2D eigenvalue weighted by atomic mass is 9.78. The summed E-state index contributed by atoms with van der Waals surface area (Å²) >= 11 is 0. The molecule has 0 radical (unpaired) electrons. The normalized spacial score (nSPS) is 22.7. The first-order valence-corrected chi connectivity index (χ1v) is 10.5. The van der Waals surface area contributed by atoms with Gasteiger partial charge in [0.05, 0.1) is 15.4 Å². The molecule has 1 heterocycles. The second-order valence-corrected chi connectivity index (χ2v) is 9.09. The molecule has 2 aliphatic rings. The summed E-state index contributed by atoms with van der Waals surface area (Å²) in [6.07, 6.45) is 6.64. The third kappa shape index (κ3) is 4.21. The number of sulfone groups is 1. The SMILES string of the molecule is O=[N+]([O-])c1cc(S(=O)(=O)C(F)F)ccc1NC1CCOC2(CCCCC2)C1. The van der Waals surface area contributed by atoms with E-state index in [2.05, 4.69) is 5.32 Å². The Bertz CT molecular complexity index is 804. The molecule has 150 valence electrons. The molecular formula is C17H22F2N2O5S. The lowest BCUT2D eigenvalue weighted by Crippen LogP contribution is -2.45. The Morgan fingerprint density at radius 3 is 2.59 bits per heavy atom. The standard InChI is InChI=1S/C17H22F2N2O5S/c18-16(19)27(24,25)13-4-5-14(15(10-13)21(22)23)20-12-6-9-26-17(11-12)7-2-1-3-8-17/h4-5,10,12,16,20H,1-3,6-9,11H2. The maximum atomic E-state index is 12.7. The van der Waals surface area contributed by atoms with E-state index in [9.17, 15) is 27.3 Å². The molecule has 27 heavy (non-hydrogen) atoms. The number of nitro benzene ring substituents is 1. The van der Waals surface area contributed by atoms with Crippen LogP contribution in [0.25, 0.3) is 0 Å². The summed E-state index contributed by atoms with van der Waals surface area (Å²) in [6, 6.07) is 2.80. The summed E-state index contributed by atoms with van der Waals surface area (Å²) in [5, 5.41) is 14.5. The first kappa shape index (κ1) is 19.9. The molecule has 0 bridgehead atoms. The van der Waals surface area contributed by atoms with Crippen LogP contribution in [0.1, 0.15) is 44.9 Å². The molecule has 1 saturated heterocycles. The van der Waals surface area contributed by atoms with Crippen molar-refractivity contribution >= 4 is 21.2 Å². The Hall–Kier alpha value is -1.81. The van der Waals surface area contributed by atoms with Crippen LogP contribution in [0.3, 0.4) is 0 Å². The predicted molar refractivity (Wildman–Crippen MR) is 94.7 cm³/mol. The fourth-order valence-electron chi connectivity index (χ4n) is 3.98. The topological polar surface area (TPSA) is 98.5 Å². The Morgan fingerprint density at radius 1 is 1.26 bits per heavy atom. The monoisotopic (exact) mass is 404 g/mol. The zero-order chi connectivity index (χ0) is 19.7. The molecule has 1 saturated carbocycles. The van der Waals surface area contributed by atoms with Crippen molar-refractivity contribution in [1.29, 1.82) is 0 Å². The van der Waals surface area contributed by atoms with Crippen LogP contribution in [0.15, 0.2) is 23.1 Å². The molecular weight excluding hydrogens is 382 g/mol. The summed E-state index contributed by atoms with van der Waals surface area (Å²) in [6.45, 7) is 0.545. The van der Waals surface area contributed by atoms with Gasteiger partial charge in [-0.2, -0.15) is 8.78 Å². The van der Waals surface area contributed by atoms with Crippen LogP contribution in [0, 0.1) is 10.1 Å². The van der Waals surface area contributed by atoms with E-state index in [1.165, 1.54) is 12.5 Å². The smallest absolute Gasteiger partial charge is 0.341 e. The molecule has 1 atom stereocenters. The first-order valence-electron chi connectivity index (χ1n) is 8.95. The number of nitrogens with zero attached hydrogens (tertiary/aromatic N) is 1.